The van der Waals surface area contributed by atoms with Gasteiger partial charge in [0.05, 0.1) is 0 Å². The molecule has 0 aliphatic heterocycles. The van der Waals surface area contributed by atoms with Gasteiger partial charge in [0.1, 0.15) is 11.6 Å². The third-order valence-electron chi connectivity index (χ3n) is 3.18. The lowest BCUT2D eigenvalue weighted by molar-refractivity contribution is 0.615. The predicted octanol–water partition coefficient (Wildman–Crippen LogP) is 4.62. The molecule has 0 aromatic heterocycles. The Hall–Kier alpha value is -1.70. The molecule has 0 saturated heterocycles. The van der Waals surface area contributed by atoms with Crippen LogP contribution in [0.4, 0.5) is 8.78 Å². The fourth-order valence-electron chi connectivity index (χ4n) is 2.12. The first-order valence-electron chi connectivity index (χ1n) is 6.07. The van der Waals surface area contributed by atoms with Crippen molar-refractivity contribution in [1.29, 1.82) is 0 Å². The van der Waals surface area contributed by atoms with E-state index < -0.39 is 0 Å². The first-order valence-corrected chi connectivity index (χ1v) is 6.07. The molecule has 0 saturated carbocycles. The van der Waals surface area contributed by atoms with Crippen LogP contribution in [0.15, 0.2) is 42.5 Å². The fourth-order valence-corrected chi connectivity index (χ4v) is 2.12. The van der Waals surface area contributed by atoms with E-state index in [-0.39, 0.29) is 17.6 Å². The smallest absolute Gasteiger partial charge is 0.126 e. The highest BCUT2D eigenvalue weighted by Crippen LogP contribution is 2.22. The van der Waals surface area contributed by atoms with Crippen molar-refractivity contribution in [1.82, 2.24) is 0 Å². The van der Waals surface area contributed by atoms with Gasteiger partial charge in [0.2, 0.25) is 0 Å². The van der Waals surface area contributed by atoms with E-state index in [1.54, 1.807) is 25.1 Å². The van der Waals surface area contributed by atoms with Crippen LogP contribution >= 0.6 is 0 Å². The second-order valence-electron chi connectivity index (χ2n) is 4.74. The molecule has 0 nitrogen and oxygen atoms in total. The molecule has 0 N–H and O–H groups in total. The van der Waals surface area contributed by atoms with Crippen LogP contribution in [0.3, 0.4) is 0 Å². The van der Waals surface area contributed by atoms with E-state index in [4.69, 9.17) is 0 Å². The van der Waals surface area contributed by atoms with Gasteiger partial charge in [0.15, 0.2) is 0 Å². The van der Waals surface area contributed by atoms with E-state index in [1.165, 1.54) is 12.1 Å². The number of hydrogen-bond donors (Lipinski definition) is 0. The SMILES string of the molecule is Cc1cc(CC(C)c2cccc(F)c2)ccc1F. The molecule has 18 heavy (non-hydrogen) atoms. The zero-order chi connectivity index (χ0) is 13.1. The Morgan fingerprint density at radius 2 is 1.83 bits per heavy atom. The third-order valence-corrected chi connectivity index (χ3v) is 3.18. The summed E-state index contributed by atoms with van der Waals surface area (Å²) in [7, 11) is 0. The van der Waals surface area contributed by atoms with Crippen LogP contribution in [0.1, 0.15) is 29.5 Å². The minimum atomic E-state index is -0.213. The Bertz CT molecular complexity index is 547. The van der Waals surface area contributed by atoms with Crippen LogP contribution < -0.4 is 0 Å². The van der Waals surface area contributed by atoms with E-state index in [0.717, 1.165) is 17.5 Å². The summed E-state index contributed by atoms with van der Waals surface area (Å²) in [4.78, 5) is 0. The van der Waals surface area contributed by atoms with E-state index in [2.05, 4.69) is 0 Å². The molecule has 0 aliphatic carbocycles. The Kier molecular flexibility index (Phi) is 3.75. The summed E-state index contributed by atoms with van der Waals surface area (Å²) in [5.74, 6) is -0.183. The predicted molar refractivity (Wildman–Crippen MR) is 69.7 cm³/mol. The number of hydrogen-bond acceptors (Lipinski definition) is 0. The zero-order valence-corrected chi connectivity index (χ0v) is 10.6. The highest BCUT2D eigenvalue weighted by Gasteiger charge is 2.08. The molecule has 0 bridgehead atoms. The Morgan fingerprint density at radius 1 is 1.06 bits per heavy atom. The fraction of sp³-hybridized carbons (Fsp3) is 0.250. The van der Waals surface area contributed by atoms with Crippen molar-refractivity contribution < 1.29 is 8.78 Å². The van der Waals surface area contributed by atoms with Crippen LogP contribution in [-0.2, 0) is 6.42 Å². The van der Waals surface area contributed by atoms with E-state index in [9.17, 15) is 8.78 Å². The summed E-state index contributed by atoms with van der Waals surface area (Å²) >= 11 is 0. The van der Waals surface area contributed by atoms with Gasteiger partial charge in [0.25, 0.3) is 0 Å². The maximum absolute atomic E-state index is 13.2. The monoisotopic (exact) mass is 246 g/mol. The second kappa shape index (κ2) is 5.30. The van der Waals surface area contributed by atoms with Crippen molar-refractivity contribution in [2.45, 2.75) is 26.2 Å². The molecule has 2 aromatic carbocycles. The van der Waals surface area contributed by atoms with Crippen LogP contribution in [0.5, 0.6) is 0 Å². The first kappa shape index (κ1) is 12.7. The zero-order valence-electron chi connectivity index (χ0n) is 10.6. The van der Waals surface area contributed by atoms with Crippen molar-refractivity contribution in [3.05, 3.63) is 70.8 Å². The van der Waals surface area contributed by atoms with Crippen LogP contribution in [0, 0.1) is 18.6 Å². The standard InChI is InChI=1S/C16H16F2/c1-11(14-4-3-5-15(17)10-14)8-13-6-7-16(18)12(2)9-13/h3-7,9-11H,8H2,1-2H3. The molecule has 0 spiro atoms. The summed E-state index contributed by atoms with van der Waals surface area (Å²) in [6.07, 6.45) is 0.782. The highest BCUT2D eigenvalue weighted by atomic mass is 19.1. The summed E-state index contributed by atoms with van der Waals surface area (Å²) in [5.41, 5.74) is 2.70. The minimum Gasteiger partial charge on any atom is -0.207 e. The van der Waals surface area contributed by atoms with Gasteiger partial charge in [-0.05, 0) is 54.2 Å². The van der Waals surface area contributed by atoms with E-state index in [0.29, 0.717) is 5.56 Å². The molecule has 0 aliphatic rings. The number of benzene rings is 2. The molecule has 94 valence electrons. The molecular weight excluding hydrogens is 230 g/mol. The normalized spacial score (nSPS) is 12.4. The van der Waals surface area contributed by atoms with Crippen LogP contribution in [0.2, 0.25) is 0 Å². The first-order chi connectivity index (χ1) is 8.56. The van der Waals surface area contributed by atoms with Crippen LogP contribution in [-0.4, -0.2) is 0 Å². The molecule has 1 atom stereocenters. The molecule has 0 radical (unpaired) electrons. The van der Waals surface area contributed by atoms with E-state index in [1.807, 2.05) is 19.1 Å². The largest absolute Gasteiger partial charge is 0.207 e. The number of aryl methyl sites for hydroxylation is 1. The third kappa shape index (κ3) is 2.95. The maximum Gasteiger partial charge on any atom is 0.126 e. The molecule has 1 unspecified atom stereocenters. The lowest BCUT2D eigenvalue weighted by Gasteiger charge is -2.12. The van der Waals surface area contributed by atoms with Gasteiger partial charge >= 0.3 is 0 Å². The van der Waals surface area contributed by atoms with Gasteiger partial charge in [-0.2, -0.15) is 0 Å². The van der Waals surface area contributed by atoms with Crippen LogP contribution in [0.25, 0.3) is 0 Å². The topological polar surface area (TPSA) is 0 Å². The van der Waals surface area contributed by atoms with Gasteiger partial charge in [-0.25, -0.2) is 8.78 Å². The average Bonchev–Trinajstić information content (AvgIpc) is 2.34. The summed E-state index contributed by atoms with van der Waals surface area (Å²) in [6, 6.07) is 11.8. The van der Waals surface area contributed by atoms with Crippen molar-refractivity contribution in [2.75, 3.05) is 0 Å². The average molecular weight is 246 g/mol. The second-order valence-corrected chi connectivity index (χ2v) is 4.74. The number of rotatable bonds is 3. The Labute approximate surface area is 106 Å². The van der Waals surface area contributed by atoms with Crippen molar-refractivity contribution in [3.8, 4) is 0 Å². The van der Waals surface area contributed by atoms with Crippen molar-refractivity contribution >= 4 is 0 Å². The van der Waals surface area contributed by atoms with Crippen molar-refractivity contribution in [2.24, 2.45) is 0 Å². The summed E-state index contributed by atoms with van der Waals surface area (Å²) in [5, 5.41) is 0. The molecule has 0 fully saturated rings. The minimum absolute atomic E-state index is 0.183. The quantitative estimate of drug-likeness (QED) is 0.741. The molecule has 0 heterocycles. The summed E-state index contributed by atoms with van der Waals surface area (Å²) < 4.78 is 26.3. The van der Waals surface area contributed by atoms with Gasteiger partial charge in [0, 0.05) is 0 Å². The molecular formula is C16H16F2. The Morgan fingerprint density at radius 3 is 2.50 bits per heavy atom. The van der Waals surface area contributed by atoms with E-state index >= 15 is 0 Å². The van der Waals surface area contributed by atoms with Gasteiger partial charge in [-0.1, -0.05) is 31.2 Å². The van der Waals surface area contributed by atoms with Gasteiger partial charge in [-0.15, -0.1) is 0 Å². The van der Waals surface area contributed by atoms with Crippen molar-refractivity contribution in [3.63, 3.8) is 0 Å². The molecule has 2 heteroatoms. The molecule has 2 aromatic rings. The molecule has 2 rings (SSSR count). The number of halogens is 2. The lowest BCUT2D eigenvalue weighted by atomic mass is 9.93. The van der Waals surface area contributed by atoms with Gasteiger partial charge in [-0.3, -0.25) is 0 Å². The summed E-state index contributed by atoms with van der Waals surface area (Å²) in [6.45, 7) is 3.80. The highest BCUT2D eigenvalue weighted by molar-refractivity contribution is 5.27. The maximum atomic E-state index is 13.2. The molecule has 0 amide bonds. The lowest BCUT2D eigenvalue weighted by Crippen LogP contribution is -1.99. The Balaban J connectivity index is 2.16. The van der Waals surface area contributed by atoms with Gasteiger partial charge < -0.3 is 0 Å².